The van der Waals surface area contributed by atoms with Gasteiger partial charge >= 0.3 is 0 Å². The minimum absolute atomic E-state index is 0.0835. The van der Waals surface area contributed by atoms with Crippen molar-refractivity contribution >= 4 is 11.6 Å². The maximum absolute atomic E-state index is 6.52. The van der Waals surface area contributed by atoms with Crippen molar-refractivity contribution in [2.75, 3.05) is 13.2 Å². The van der Waals surface area contributed by atoms with E-state index in [1.807, 2.05) is 26.0 Å². The third-order valence-electron chi connectivity index (χ3n) is 3.69. The van der Waals surface area contributed by atoms with Crippen molar-refractivity contribution in [3.05, 3.63) is 23.8 Å². The first-order valence-electron chi connectivity index (χ1n) is 7.28. The second-order valence-electron chi connectivity index (χ2n) is 5.07. The number of benzene rings is 1. The standard InChI is InChI=1S/C16H23ClO2/c1-3-18-15-9-8-13(11-16(15)19-4-2)14(17)10-12-6-5-7-12/h8-9,11-12,14H,3-7,10H2,1-2H3. The molecule has 1 aromatic rings. The Morgan fingerprint density at radius 2 is 1.84 bits per heavy atom. The van der Waals surface area contributed by atoms with Gasteiger partial charge in [-0.05, 0) is 43.9 Å². The summed E-state index contributed by atoms with van der Waals surface area (Å²) in [5.74, 6) is 2.42. The van der Waals surface area contributed by atoms with E-state index in [-0.39, 0.29) is 5.38 Å². The molecular weight excluding hydrogens is 260 g/mol. The lowest BCUT2D eigenvalue weighted by molar-refractivity contribution is 0.285. The topological polar surface area (TPSA) is 18.5 Å². The lowest BCUT2D eigenvalue weighted by Crippen LogP contribution is -2.13. The molecule has 1 fully saturated rings. The van der Waals surface area contributed by atoms with Gasteiger partial charge in [-0.25, -0.2) is 0 Å². The highest BCUT2D eigenvalue weighted by Crippen LogP contribution is 2.40. The van der Waals surface area contributed by atoms with Crippen LogP contribution in [0.3, 0.4) is 0 Å². The largest absolute Gasteiger partial charge is 0.490 e. The molecular formula is C16H23ClO2. The Kier molecular flexibility index (Phi) is 5.38. The Labute approximate surface area is 121 Å². The van der Waals surface area contributed by atoms with Crippen LogP contribution in [0.4, 0.5) is 0 Å². The normalized spacial score (nSPS) is 16.8. The number of alkyl halides is 1. The second kappa shape index (κ2) is 7.04. The van der Waals surface area contributed by atoms with E-state index in [4.69, 9.17) is 21.1 Å². The molecule has 1 aliphatic rings. The lowest BCUT2D eigenvalue weighted by atomic mass is 9.81. The molecule has 1 aliphatic carbocycles. The van der Waals surface area contributed by atoms with E-state index < -0.39 is 0 Å². The van der Waals surface area contributed by atoms with Gasteiger partial charge in [-0.2, -0.15) is 0 Å². The SMILES string of the molecule is CCOc1ccc(C(Cl)CC2CCC2)cc1OCC. The predicted octanol–water partition coefficient (Wildman–Crippen LogP) is 4.95. The molecule has 2 nitrogen and oxygen atoms in total. The quantitative estimate of drug-likeness (QED) is 0.659. The van der Waals surface area contributed by atoms with Crippen LogP contribution in [0, 0.1) is 5.92 Å². The monoisotopic (exact) mass is 282 g/mol. The van der Waals surface area contributed by atoms with Gasteiger partial charge < -0.3 is 9.47 Å². The molecule has 0 saturated heterocycles. The van der Waals surface area contributed by atoms with Gasteiger partial charge in [0.25, 0.3) is 0 Å². The average molecular weight is 283 g/mol. The minimum atomic E-state index is 0.0835. The molecule has 19 heavy (non-hydrogen) atoms. The van der Waals surface area contributed by atoms with Crippen molar-refractivity contribution in [2.45, 2.75) is 44.9 Å². The summed E-state index contributed by atoms with van der Waals surface area (Å²) in [5.41, 5.74) is 1.14. The van der Waals surface area contributed by atoms with Crippen LogP contribution < -0.4 is 9.47 Å². The van der Waals surface area contributed by atoms with Crippen LogP contribution >= 0.6 is 11.6 Å². The molecule has 0 bridgehead atoms. The van der Waals surface area contributed by atoms with Gasteiger partial charge in [0.1, 0.15) is 0 Å². The first-order valence-corrected chi connectivity index (χ1v) is 7.71. The first kappa shape index (κ1) is 14.5. The van der Waals surface area contributed by atoms with Gasteiger partial charge in [-0.1, -0.05) is 25.3 Å². The molecule has 0 aliphatic heterocycles. The van der Waals surface area contributed by atoms with E-state index in [9.17, 15) is 0 Å². The van der Waals surface area contributed by atoms with Gasteiger partial charge in [-0.3, -0.25) is 0 Å². The summed E-state index contributed by atoms with van der Waals surface area (Å²) in [6.07, 6.45) is 5.10. The highest BCUT2D eigenvalue weighted by molar-refractivity contribution is 6.20. The minimum Gasteiger partial charge on any atom is -0.490 e. The van der Waals surface area contributed by atoms with E-state index in [0.29, 0.717) is 13.2 Å². The van der Waals surface area contributed by atoms with Crippen molar-refractivity contribution in [2.24, 2.45) is 5.92 Å². The van der Waals surface area contributed by atoms with Crippen LogP contribution in [-0.4, -0.2) is 13.2 Å². The summed E-state index contributed by atoms with van der Waals surface area (Å²) >= 11 is 6.52. The van der Waals surface area contributed by atoms with Crippen LogP contribution in [0.5, 0.6) is 11.5 Å². The van der Waals surface area contributed by atoms with Crippen LogP contribution in [0.15, 0.2) is 18.2 Å². The maximum Gasteiger partial charge on any atom is 0.161 e. The summed E-state index contributed by atoms with van der Waals surface area (Å²) in [7, 11) is 0. The zero-order chi connectivity index (χ0) is 13.7. The Balaban J connectivity index is 2.08. The van der Waals surface area contributed by atoms with Crippen molar-refractivity contribution in [3.8, 4) is 11.5 Å². The predicted molar refractivity (Wildman–Crippen MR) is 79.3 cm³/mol. The molecule has 2 rings (SSSR count). The molecule has 0 spiro atoms. The molecule has 1 saturated carbocycles. The van der Waals surface area contributed by atoms with Gasteiger partial charge in [0.05, 0.1) is 18.6 Å². The Bertz CT molecular complexity index is 402. The van der Waals surface area contributed by atoms with E-state index in [1.165, 1.54) is 19.3 Å². The zero-order valence-corrected chi connectivity index (χ0v) is 12.6. The molecule has 1 atom stereocenters. The Morgan fingerprint density at radius 1 is 1.16 bits per heavy atom. The van der Waals surface area contributed by atoms with E-state index in [0.717, 1.165) is 29.4 Å². The molecule has 0 heterocycles. The van der Waals surface area contributed by atoms with E-state index in [1.54, 1.807) is 0 Å². The highest BCUT2D eigenvalue weighted by Gasteiger charge is 2.22. The van der Waals surface area contributed by atoms with Crippen molar-refractivity contribution in [1.82, 2.24) is 0 Å². The first-order chi connectivity index (χ1) is 9.24. The van der Waals surface area contributed by atoms with Crippen molar-refractivity contribution in [3.63, 3.8) is 0 Å². The zero-order valence-electron chi connectivity index (χ0n) is 11.8. The molecule has 1 unspecified atom stereocenters. The highest BCUT2D eigenvalue weighted by atomic mass is 35.5. The number of halogens is 1. The number of hydrogen-bond acceptors (Lipinski definition) is 2. The third kappa shape index (κ3) is 3.79. The van der Waals surface area contributed by atoms with Crippen LogP contribution in [0.1, 0.15) is 50.5 Å². The van der Waals surface area contributed by atoms with Crippen molar-refractivity contribution < 1.29 is 9.47 Å². The smallest absolute Gasteiger partial charge is 0.161 e. The fraction of sp³-hybridized carbons (Fsp3) is 0.625. The fourth-order valence-corrected chi connectivity index (χ4v) is 2.81. The summed E-state index contributed by atoms with van der Waals surface area (Å²) in [5, 5.41) is 0.0835. The Morgan fingerprint density at radius 3 is 2.42 bits per heavy atom. The summed E-state index contributed by atoms with van der Waals surface area (Å²) in [4.78, 5) is 0. The summed E-state index contributed by atoms with van der Waals surface area (Å²) in [6, 6.07) is 6.06. The summed E-state index contributed by atoms with van der Waals surface area (Å²) < 4.78 is 11.2. The number of hydrogen-bond donors (Lipinski definition) is 0. The van der Waals surface area contributed by atoms with Crippen LogP contribution in [-0.2, 0) is 0 Å². The maximum atomic E-state index is 6.52. The number of ether oxygens (including phenoxy) is 2. The Hall–Kier alpha value is -0.890. The molecule has 106 valence electrons. The van der Waals surface area contributed by atoms with E-state index >= 15 is 0 Å². The molecule has 0 N–H and O–H groups in total. The molecule has 0 aromatic heterocycles. The molecule has 0 radical (unpaired) electrons. The number of rotatable bonds is 7. The van der Waals surface area contributed by atoms with Gasteiger partial charge in [0.2, 0.25) is 0 Å². The van der Waals surface area contributed by atoms with Crippen LogP contribution in [0.2, 0.25) is 0 Å². The van der Waals surface area contributed by atoms with Gasteiger partial charge in [0, 0.05) is 0 Å². The fourth-order valence-electron chi connectivity index (χ4n) is 2.42. The van der Waals surface area contributed by atoms with Gasteiger partial charge in [-0.15, -0.1) is 11.6 Å². The van der Waals surface area contributed by atoms with E-state index in [2.05, 4.69) is 6.07 Å². The average Bonchev–Trinajstić information content (AvgIpc) is 2.36. The molecule has 3 heteroatoms. The molecule has 0 amide bonds. The summed E-state index contributed by atoms with van der Waals surface area (Å²) in [6.45, 7) is 5.24. The molecule has 1 aromatic carbocycles. The lowest BCUT2D eigenvalue weighted by Gasteiger charge is -2.27. The third-order valence-corrected chi connectivity index (χ3v) is 4.12. The van der Waals surface area contributed by atoms with Crippen molar-refractivity contribution in [1.29, 1.82) is 0 Å². The van der Waals surface area contributed by atoms with Gasteiger partial charge in [0.15, 0.2) is 11.5 Å². The van der Waals surface area contributed by atoms with Crippen LogP contribution in [0.25, 0.3) is 0 Å². The second-order valence-corrected chi connectivity index (χ2v) is 5.60.